The molecule has 7 heteroatoms. The van der Waals surface area contributed by atoms with Gasteiger partial charge >= 0.3 is 0 Å². The third-order valence-corrected chi connectivity index (χ3v) is 4.64. The Hall–Kier alpha value is -3.06. The number of methoxy groups -OCH3 is 1. The maximum Gasteiger partial charge on any atom is 0.286 e. The first kappa shape index (κ1) is 15.5. The van der Waals surface area contributed by atoms with Crippen LogP contribution in [0.25, 0.3) is 17.1 Å². The summed E-state index contributed by atoms with van der Waals surface area (Å²) in [4.78, 5) is 24.2. The number of amides is 1. The van der Waals surface area contributed by atoms with Crippen LogP contribution in [0, 0.1) is 0 Å². The van der Waals surface area contributed by atoms with E-state index in [1.54, 1.807) is 13.3 Å². The van der Waals surface area contributed by atoms with E-state index in [0.29, 0.717) is 15.8 Å². The van der Waals surface area contributed by atoms with E-state index in [4.69, 9.17) is 4.74 Å². The Bertz CT molecular complexity index is 1020. The van der Waals surface area contributed by atoms with Gasteiger partial charge in [-0.15, -0.1) is 0 Å². The van der Waals surface area contributed by atoms with Crippen molar-refractivity contribution in [2.75, 3.05) is 12.4 Å². The molecule has 0 saturated heterocycles. The zero-order valence-electron chi connectivity index (χ0n) is 13.3. The molecule has 1 aliphatic heterocycles. The number of pyridine rings is 1. The molecule has 0 aliphatic carbocycles. The van der Waals surface area contributed by atoms with E-state index in [2.05, 4.69) is 20.3 Å². The first-order valence-corrected chi connectivity index (χ1v) is 8.41. The highest BCUT2D eigenvalue weighted by molar-refractivity contribution is 8.18. The minimum atomic E-state index is -0.263. The number of benzene rings is 1. The van der Waals surface area contributed by atoms with Gasteiger partial charge in [0.1, 0.15) is 11.4 Å². The molecule has 0 atom stereocenters. The monoisotopic (exact) mass is 350 g/mol. The van der Waals surface area contributed by atoms with Crippen molar-refractivity contribution in [3.05, 3.63) is 59.3 Å². The van der Waals surface area contributed by atoms with Crippen molar-refractivity contribution in [2.45, 2.75) is 0 Å². The SMILES string of the molecule is COc1ccccc1NC1=NC(=O)/C(=C/c2c[nH]c3ncccc23)S1. The fourth-order valence-electron chi connectivity index (χ4n) is 2.56. The normalized spacial score (nSPS) is 15.6. The molecule has 124 valence electrons. The molecule has 1 aliphatic rings. The smallest absolute Gasteiger partial charge is 0.286 e. The molecular weight excluding hydrogens is 336 g/mol. The van der Waals surface area contributed by atoms with Crippen molar-refractivity contribution >= 4 is 45.6 Å². The predicted octanol–water partition coefficient (Wildman–Crippen LogP) is 3.65. The molecular formula is C18H14N4O2S. The first-order chi connectivity index (χ1) is 12.2. The molecule has 0 unspecified atom stereocenters. The second kappa shape index (κ2) is 6.45. The number of thioether (sulfide) groups is 1. The summed E-state index contributed by atoms with van der Waals surface area (Å²) in [6.07, 6.45) is 5.39. The molecule has 1 aromatic carbocycles. The quantitative estimate of drug-likeness (QED) is 0.705. The lowest BCUT2D eigenvalue weighted by atomic mass is 10.2. The van der Waals surface area contributed by atoms with Crippen LogP contribution < -0.4 is 10.1 Å². The fraction of sp³-hybridized carbons (Fsp3) is 0.0556. The van der Waals surface area contributed by atoms with E-state index in [-0.39, 0.29) is 5.91 Å². The summed E-state index contributed by atoms with van der Waals surface area (Å²) < 4.78 is 5.31. The minimum Gasteiger partial charge on any atom is -0.495 e. The van der Waals surface area contributed by atoms with E-state index in [0.717, 1.165) is 22.3 Å². The van der Waals surface area contributed by atoms with Crippen LogP contribution in [-0.4, -0.2) is 28.2 Å². The van der Waals surface area contributed by atoms with E-state index in [1.807, 2.05) is 48.7 Å². The van der Waals surface area contributed by atoms with Crippen LogP contribution in [0.1, 0.15) is 5.56 Å². The summed E-state index contributed by atoms with van der Waals surface area (Å²) >= 11 is 1.30. The van der Waals surface area contributed by atoms with Gasteiger partial charge in [0.05, 0.1) is 17.7 Å². The molecule has 0 bridgehead atoms. The minimum absolute atomic E-state index is 0.263. The van der Waals surface area contributed by atoms with Gasteiger partial charge in [0.2, 0.25) is 0 Å². The number of aromatic nitrogens is 2. The molecule has 2 aromatic heterocycles. The lowest BCUT2D eigenvalue weighted by Crippen LogP contribution is -2.06. The van der Waals surface area contributed by atoms with Crippen molar-refractivity contribution in [1.82, 2.24) is 9.97 Å². The number of aromatic amines is 1. The number of amidine groups is 1. The average molecular weight is 350 g/mol. The Labute approximate surface area is 148 Å². The van der Waals surface area contributed by atoms with Gasteiger partial charge in [-0.25, -0.2) is 4.98 Å². The molecule has 0 saturated carbocycles. The molecule has 3 aromatic rings. The highest BCUT2D eigenvalue weighted by Gasteiger charge is 2.23. The second-order valence-corrected chi connectivity index (χ2v) is 6.33. The number of hydrogen-bond donors (Lipinski definition) is 2. The molecule has 0 radical (unpaired) electrons. The number of hydrogen-bond acceptors (Lipinski definition) is 5. The topological polar surface area (TPSA) is 79.4 Å². The maximum absolute atomic E-state index is 12.2. The number of carbonyl (C=O) groups excluding carboxylic acids is 1. The Morgan fingerprint density at radius 3 is 3.00 bits per heavy atom. The number of fused-ring (bicyclic) bond motifs is 1. The van der Waals surface area contributed by atoms with Crippen molar-refractivity contribution in [2.24, 2.45) is 4.99 Å². The van der Waals surface area contributed by atoms with Crippen LogP contribution >= 0.6 is 11.8 Å². The number of aliphatic imine (C=N–C) groups is 1. The van der Waals surface area contributed by atoms with Crippen LogP contribution in [0.4, 0.5) is 5.69 Å². The van der Waals surface area contributed by atoms with E-state index in [1.165, 1.54) is 11.8 Å². The molecule has 6 nitrogen and oxygen atoms in total. The highest BCUT2D eigenvalue weighted by Crippen LogP contribution is 2.32. The van der Waals surface area contributed by atoms with Crippen LogP contribution in [-0.2, 0) is 4.79 Å². The van der Waals surface area contributed by atoms with Crippen LogP contribution in [0.3, 0.4) is 0 Å². The van der Waals surface area contributed by atoms with Gasteiger partial charge in [0, 0.05) is 23.3 Å². The van der Waals surface area contributed by atoms with Crippen molar-refractivity contribution in [3.63, 3.8) is 0 Å². The number of rotatable bonds is 3. The molecule has 4 rings (SSSR count). The van der Waals surface area contributed by atoms with Crippen LogP contribution in [0.15, 0.2) is 58.7 Å². The summed E-state index contributed by atoms with van der Waals surface area (Å²) in [5.41, 5.74) is 2.47. The Balaban J connectivity index is 1.58. The summed E-state index contributed by atoms with van der Waals surface area (Å²) in [5, 5.41) is 4.64. The Kier molecular flexibility index (Phi) is 3.99. The lowest BCUT2D eigenvalue weighted by Gasteiger charge is -2.09. The number of nitrogens with zero attached hydrogens (tertiary/aromatic N) is 2. The largest absolute Gasteiger partial charge is 0.495 e. The third kappa shape index (κ3) is 3.01. The zero-order valence-corrected chi connectivity index (χ0v) is 14.1. The number of nitrogens with one attached hydrogen (secondary N) is 2. The lowest BCUT2D eigenvalue weighted by molar-refractivity contribution is -0.113. The molecule has 0 spiro atoms. The van der Waals surface area contributed by atoms with Gasteiger partial charge in [-0.05, 0) is 42.1 Å². The van der Waals surface area contributed by atoms with Gasteiger partial charge in [-0.3, -0.25) is 4.79 Å². The average Bonchev–Trinajstić information content (AvgIpc) is 3.20. The Morgan fingerprint density at radius 1 is 1.24 bits per heavy atom. The second-order valence-electron chi connectivity index (χ2n) is 5.30. The van der Waals surface area contributed by atoms with Crippen molar-refractivity contribution in [1.29, 1.82) is 0 Å². The highest BCUT2D eigenvalue weighted by atomic mass is 32.2. The van der Waals surface area contributed by atoms with E-state index in [9.17, 15) is 4.79 Å². The van der Waals surface area contributed by atoms with Gasteiger partial charge in [0.15, 0.2) is 5.17 Å². The number of H-pyrrole nitrogens is 1. The van der Waals surface area contributed by atoms with Gasteiger partial charge in [-0.1, -0.05) is 12.1 Å². The number of ether oxygens (including phenoxy) is 1. The maximum atomic E-state index is 12.2. The van der Waals surface area contributed by atoms with Crippen molar-refractivity contribution in [3.8, 4) is 5.75 Å². The van der Waals surface area contributed by atoms with Gasteiger partial charge < -0.3 is 15.0 Å². The number of para-hydroxylation sites is 2. The standard InChI is InChI=1S/C18H14N4O2S/c1-24-14-7-3-2-6-13(14)21-18-22-17(23)15(25-18)9-11-10-20-16-12(11)5-4-8-19-16/h2-10H,1H3,(H,19,20)(H,21,22,23)/b15-9-. The third-order valence-electron chi connectivity index (χ3n) is 3.74. The summed E-state index contributed by atoms with van der Waals surface area (Å²) in [5.74, 6) is 0.430. The summed E-state index contributed by atoms with van der Waals surface area (Å²) in [6.45, 7) is 0. The molecule has 3 heterocycles. The fourth-order valence-corrected chi connectivity index (χ4v) is 3.38. The predicted molar refractivity (Wildman–Crippen MR) is 101 cm³/mol. The van der Waals surface area contributed by atoms with Crippen LogP contribution in [0.5, 0.6) is 5.75 Å². The van der Waals surface area contributed by atoms with E-state index < -0.39 is 0 Å². The van der Waals surface area contributed by atoms with Crippen LogP contribution in [0.2, 0.25) is 0 Å². The van der Waals surface area contributed by atoms with Crippen molar-refractivity contribution < 1.29 is 9.53 Å². The molecule has 2 N–H and O–H groups in total. The molecule has 1 amide bonds. The van der Waals surface area contributed by atoms with E-state index >= 15 is 0 Å². The van der Waals surface area contributed by atoms with Gasteiger partial charge in [-0.2, -0.15) is 4.99 Å². The molecule has 25 heavy (non-hydrogen) atoms. The number of anilines is 1. The first-order valence-electron chi connectivity index (χ1n) is 7.59. The molecule has 0 fully saturated rings. The summed E-state index contributed by atoms with van der Waals surface area (Å²) in [6, 6.07) is 11.3. The van der Waals surface area contributed by atoms with Gasteiger partial charge in [0.25, 0.3) is 5.91 Å². The zero-order chi connectivity index (χ0) is 17.2. The summed E-state index contributed by atoms with van der Waals surface area (Å²) in [7, 11) is 1.60. The Morgan fingerprint density at radius 2 is 2.12 bits per heavy atom. The number of carbonyl (C=O) groups is 1.